The fourth-order valence-electron chi connectivity index (χ4n) is 3.30. The van der Waals surface area contributed by atoms with Crippen molar-refractivity contribution in [3.05, 3.63) is 29.8 Å². The summed E-state index contributed by atoms with van der Waals surface area (Å²) >= 11 is 0. The van der Waals surface area contributed by atoms with Crippen LogP contribution in [0.1, 0.15) is 37.7 Å². The van der Waals surface area contributed by atoms with Gasteiger partial charge in [-0.05, 0) is 36.5 Å². The summed E-state index contributed by atoms with van der Waals surface area (Å²) < 4.78 is 5.22. The van der Waals surface area contributed by atoms with Gasteiger partial charge >= 0.3 is 0 Å². The van der Waals surface area contributed by atoms with Gasteiger partial charge in [-0.3, -0.25) is 4.79 Å². The minimum absolute atomic E-state index is 0. The average Bonchev–Trinajstić information content (AvgIpc) is 2.69. The van der Waals surface area contributed by atoms with Crippen LogP contribution in [0.25, 0.3) is 0 Å². The smallest absolute Gasteiger partial charge is 0.243 e. The number of rotatable bonds is 7. The highest BCUT2D eigenvalue weighted by Gasteiger charge is 2.16. The molecule has 0 radical (unpaired) electrons. The van der Waals surface area contributed by atoms with Gasteiger partial charge in [-0.1, -0.05) is 31.4 Å². The maximum absolute atomic E-state index is 12.0. The highest BCUT2D eigenvalue weighted by Crippen LogP contribution is 2.22. The van der Waals surface area contributed by atoms with Crippen LogP contribution >= 0.6 is 24.0 Å². The molecule has 0 heterocycles. The molecule has 158 valence electrons. The van der Waals surface area contributed by atoms with Crippen molar-refractivity contribution in [3.8, 4) is 5.75 Å². The number of aliphatic imine (C=N–C) groups is 1. The molecule has 1 fully saturated rings. The SMILES string of the molecule is COc1ccc(CN(C)C(=NCC(=O)N(C)C)NCC2CCCCC2)cc1.I. The van der Waals surface area contributed by atoms with E-state index in [1.165, 1.54) is 37.7 Å². The minimum Gasteiger partial charge on any atom is -0.497 e. The summed E-state index contributed by atoms with van der Waals surface area (Å²) in [6.07, 6.45) is 6.55. The van der Waals surface area contributed by atoms with Crippen LogP contribution in [0, 0.1) is 5.92 Å². The number of halogens is 1. The van der Waals surface area contributed by atoms with Gasteiger partial charge < -0.3 is 19.9 Å². The van der Waals surface area contributed by atoms with Gasteiger partial charge in [-0.2, -0.15) is 0 Å². The summed E-state index contributed by atoms with van der Waals surface area (Å²) in [4.78, 5) is 20.2. The Bertz CT molecular complexity index is 613. The van der Waals surface area contributed by atoms with Crippen LogP contribution in [0.3, 0.4) is 0 Å². The van der Waals surface area contributed by atoms with E-state index in [4.69, 9.17) is 4.74 Å². The van der Waals surface area contributed by atoms with Crippen LogP contribution in [-0.4, -0.2) is 63.0 Å². The lowest BCUT2D eigenvalue weighted by Gasteiger charge is -2.27. The zero-order valence-electron chi connectivity index (χ0n) is 17.6. The predicted molar refractivity (Wildman–Crippen MR) is 125 cm³/mol. The van der Waals surface area contributed by atoms with E-state index >= 15 is 0 Å². The lowest BCUT2D eigenvalue weighted by molar-refractivity contribution is -0.127. The number of nitrogens with one attached hydrogen (secondary N) is 1. The quantitative estimate of drug-likeness (QED) is 0.353. The van der Waals surface area contributed by atoms with E-state index in [1.54, 1.807) is 26.1 Å². The molecule has 6 nitrogen and oxygen atoms in total. The van der Waals surface area contributed by atoms with Gasteiger partial charge in [-0.25, -0.2) is 4.99 Å². The van der Waals surface area contributed by atoms with E-state index in [0.717, 1.165) is 24.8 Å². The molecule has 1 aromatic carbocycles. The third-order valence-corrected chi connectivity index (χ3v) is 5.08. The van der Waals surface area contributed by atoms with E-state index in [9.17, 15) is 4.79 Å². The summed E-state index contributed by atoms with van der Waals surface area (Å²) in [6.45, 7) is 1.80. The molecule has 0 spiro atoms. The first-order chi connectivity index (χ1) is 13.0. The molecule has 1 aliphatic rings. The number of benzene rings is 1. The molecule has 7 heteroatoms. The van der Waals surface area contributed by atoms with Gasteiger partial charge in [0.2, 0.25) is 5.91 Å². The van der Waals surface area contributed by atoms with E-state index in [-0.39, 0.29) is 36.4 Å². The maximum atomic E-state index is 12.0. The number of methoxy groups -OCH3 is 1. The number of likely N-dealkylation sites (N-methyl/N-ethyl adjacent to an activating group) is 1. The topological polar surface area (TPSA) is 57.2 Å². The second kappa shape index (κ2) is 12.9. The number of nitrogens with zero attached hydrogens (tertiary/aromatic N) is 3. The summed E-state index contributed by atoms with van der Waals surface area (Å²) in [6, 6.07) is 8.04. The number of hydrogen-bond donors (Lipinski definition) is 1. The van der Waals surface area contributed by atoms with Crippen molar-refractivity contribution in [2.24, 2.45) is 10.9 Å². The Kier molecular flexibility index (Phi) is 11.3. The molecule has 1 amide bonds. The van der Waals surface area contributed by atoms with Crippen LogP contribution in [0.2, 0.25) is 0 Å². The first kappa shape index (κ1) is 24.5. The van der Waals surface area contributed by atoms with Gasteiger partial charge in [0.15, 0.2) is 5.96 Å². The Morgan fingerprint density at radius 1 is 1.14 bits per heavy atom. The maximum Gasteiger partial charge on any atom is 0.243 e. The van der Waals surface area contributed by atoms with Crippen LogP contribution in [0.15, 0.2) is 29.3 Å². The van der Waals surface area contributed by atoms with Gasteiger partial charge in [-0.15, -0.1) is 24.0 Å². The third-order valence-electron chi connectivity index (χ3n) is 5.08. The Morgan fingerprint density at radius 2 is 1.79 bits per heavy atom. The van der Waals surface area contributed by atoms with Crippen molar-refractivity contribution < 1.29 is 9.53 Å². The van der Waals surface area contributed by atoms with Crippen LogP contribution in [0.5, 0.6) is 5.75 Å². The van der Waals surface area contributed by atoms with Crippen molar-refractivity contribution in [1.29, 1.82) is 0 Å². The number of carbonyl (C=O) groups excluding carboxylic acids is 1. The summed E-state index contributed by atoms with van der Waals surface area (Å²) in [7, 11) is 7.20. The molecule has 0 aromatic heterocycles. The monoisotopic (exact) mass is 502 g/mol. The number of amides is 1. The Morgan fingerprint density at radius 3 is 2.36 bits per heavy atom. The number of ether oxygens (including phenoxy) is 1. The van der Waals surface area contributed by atoms with Crippen LogP contribution in [-0.2, 0) is 11.3 Å². The zero-order valence-corrected chi connectivity index (χ0v) is 19.9. The fraction of sp³-hybridized carbons (Fsp3) is 0.619. The number of carbonyl (C=O) groups is 1. The van der Waals surface area contributed by atoms with Crippen molar-refractivity contribution in [2.75, 3.05) is 41.3 Å². The minimum atomic E-state index is 0. The average molecular weight is 502 g/mol. The Hall–Kier alpha value is -1.51. The molecular formula is C21H35IN4O2. The standard InChI is InChI=1S/C21H34N4O2.HI/c1-24(2)20(26)15-23-21(22-14-17-8-6-5-7-9-17)25(3)16-18-10-12-19(27-4)13-11-18;/h10-13,17H,5-9,14-16H2,1-4H3,(H,22,23);1H. The van der Waals surface area contributed by atoms with Crippen LogP contribution in [0.4, 0.5) is 0 Å². The van der Waals surface area contributed by atoms with E-state index in [0.29, 0.717) is 5.92 Å². The fourth-order valence-corrected chi connectivity index (χ4v) is 3.30. The van der Waals surface area contributed by atoms with Crippen molar-refractivity contribution in [3.63, 3.8) is 0 Å². The van der Waals surface area contributed by atoms with E-state index in [2.05, 4.69) is 27.3 Å². The second-order valence-electron chi connectivity index (χ2n) is 7.52. The Labute approximate surface area is 186 Å². The number of guanidine groups is 1. The first-order valence-electron chi connectivity index (χ1n) is 9.82. The molecule has 28 heavy (non-hydrogen) atoms. The molecule has 2 rings (SSSR count). The molecule has 0 saturated heterocycles. The second-order valence-corrected chi connectivity index (χ2v) is 7.52. The normalized spacial score (nSPS) is 14.8. The number of hydrogen-bond acceptors (Lipinski definition) is 3. The lowest BCUT2D eigenvalue weighted by atomic mass is 9.89. The van der Waals surface area contributed by atoms with Crippen molar-refractivity contribution >= 4 is 35.8 Å². The van der Waals surface area contributed by atoms with Crippen molar-refractivity contribution in [2.45, 2.75) is 38.6 Å². The van der Waals surface area contributed by atoms with Gasteiger partial charge in [0.1, 0.15) is 12.3 Å². The van der Waals surface area contributed by atoms with Gasteiger partial charge in [0.05, 0.1) is 7.11 Å². The molecular weight excluding hydrogens is 467 g/mol. The summed E-state index contributed by atoms with van der Waals surface area (Å²) in [5, 5.41) is 3.51. The lowest BCUT2D eigenvalue weighted by Crippen LogP contribution is -2.41. The molecule has 1 saturated carbocycles. The van der Waals surface area contributed by atoms with Crippen LogP contribution < -0.4 is 10.1 Å². The molecule has 0 aliphatic heterocycles. The van der Waals surface area contributed by atoms with Gasteiger partial charge in [0, 0.05) is 34.2 Å². The molecule has 0 bridgehead atoms. The Balaban J connectivity index is 0.00000392. The van der Waals surface area contributed by atoms with E-state index in [1.807, 2.05) is 19.2 Å². The van der Waals surface area contributed by atoms with Gasteiger partial charge in [0.25, 0.3) is 0 Å². The molecule has 1 aromatic rings. The summed E-state index contributed by atoms with van der Waals surface area (Å²) in [5.74, 6) is 2.33. The molecule has 1 aliphatic carbocycles. The molecule has 0 atom stereocenters. The predicted octanol–water partition coefficient (Wildman–Crippen LogP) is 3.36. The van der Waals surface area contributed by atoms with E-state index < -0.39 is 0 Å². The zero-order chi connectivity index (χ0) is 19.6. The largest absolute Gasteiger partial charge is 0.497 e. The highest BCUT2D eigenvalue weighted by molar-refractivity contribution is 14.0. The molecule has 1 N–H and O–H groups in total. The molecule has 0 unspecified atom stereocenters. The van der Waals surface area contributed by atoms with Crippen molar-refractivity contribution in [1.82, 2.24) is 15.1 Å². The summed E-state index contributed by atoms with van der Waals surface area (Å²) in [5.41, 5.74) is 1.17. The third kappa shape index (κ3) is 8.24. The highest BCUT2D eigenvalue weighted by atomic mass is 127. The first-order valence-corrected chi connectivity index (χ1v) is 9.82.